The second-order valence-electron chi connectivity index (χ2n) is 3.30. The summed E-state index contributed by atoms with van der Waals surface area (Å²) in [5.74, 6) is 0. The van der Waals surface area contributed by atoms with E-state index in [1.165, 1.54) is 16.0 Å². The molecule has 14 heavy (non-hydrogen) atoms. The molecule has 0 bridgehead atoms. The summed E-state index contributed by atoms with van der Waals surface area (Å²) in [6.45, 7) is 2.16. The molecule has 2 rings (SSSR count). The van der Waals surface area contributed by atoms with Crippen molar-refractivity contribution in [3.05, 3.63) is 42.5 Å². The lowest BCUT2D eigenvalue weighted by Gasteiger charge is -2.06. The van der Waals surface area contributed by atoms with Gasteiger partial charge in [0, 0.05) is 0 Å². The highest BCUT2D eigenvalue weighted by Gasteiger charge is 2.07. The standard InChI is InChI=1S/C13H11Si/c1-3-14(2)13-10-6-8-11-7-4-5-9-12(11)13/h1,4-10H,2H3. The highest BCUT2D eigenvalue weighted by Crippen LogP contribution is 2.11. The topological polar surface area (TPSA) is 0 Å². The van der Waals surface area contributed by atoms with E-state index < -0.39 is 8.80 Å². The van der Waals surface area contributed by atoms with Gasteiger partial charge in [-0.05, 0) is 16.0 Å². The SMILES string of the molecule is C#C[Si](C)c1cccc2ccccc12. The Morgan fingerprint density at radius 2 is 1.79 bits per heavy atom. The minimum atomic E-state index is -0.804. The number of benzene rings is 2. The van der Waals surface area contributed by atoms with Gasteiger partial charge < -0.3 is 0 Å². The second-order valence-corrected chi connectivity index (χ2v) is 5.37. The van der Waals surface area contributed by atoms with E-state index in [1.54, 1.807) is 0 Å². The number of rotatable bonds is 1. The molecular weight excluding hydrogens is 184 g/mol. The number of fused-ring (bicyclic) bond motifs is 1. The van der Waals surface area contributed by atoms with Crippen LogP contribution >= 0.6 is 0 Å². The maximum atomic E-state index is 5.49. The molecule has 0 aliphatic carbocycles. The van der Waals surface area contributed by atoms with Crippen molar-refractivity contribution >= 4 is 24.8 Å². The van der Waals surface area contributed by atoms with Gasteiger partial charge in [-0.2, -0.15) is 0 Å². The summed E-state index contributed by atoms with van der Waals surface area (Å²) < 4.78 is 0. The molecule has 2 aromatic rings. The van der Waals surface area contributed by atoms with E-state index in [-0.39, 0.29) is 0 Å². The van der Waals surface area contributed by atoms with Crippen molar-refractivity contribution in [1.29, 1.82) is 0 Å². The fourth-order valence-corrected chi connectivity index (χ4v) is 2.76. The van der Waals surface area contributed by atoms with E-state index in [0.717, 1.165) is 0 Å². The molecule has 0 spiro atoms. The van der Waals surface area contributed by atoms with E-state index in [1.807, 2.05) is 0 Å². The highest BCUT2D eigenvalue weighted by atomic mass is 28.3. The first kappa shape index (κ1) is 9.05. The molecule has 0 unspecified atom stereocenters. The van der Waals surface area contributed by atoms with E-state index >= 15 is 0 Å². The zero-order valence-electron chi connectivity index (χ0n) is 8.12. The Balaban J connectivity index is 2.72. The zero-order valence-corrected chi connectivity index (χ0v) is 9.12. The van der Waals surface area contributed by atoms with Gasteiger partial charge in [-0.1, -0.05) is 49.0 Å². The molecule has 0 amide bonds. The van der Waals surface area contributed by atoms with E-state index in [4.69, 9.17) is 6.42 Å². The Labute approximate surface area is 86.2 Å². The minimum absolute atomic E-state index is 0.804. The van der Waals surface area contributed by atoms with Crippen LogP contribution in [-0.2, 0) is 0 Å². The molecule has 67 valence electrons. The molecule has 0 N–H and O–H groups in total. The molecule has 2 aromatic carbocycles. The summed E-state index contributed by atoms with van der Waals surface area (Å²) in [5, 5.41) is 3.93. The smallest absolute Gasteiger partial charge is 0.131 e. The lowest BCUT2D eigenvalue weighted by Crippen LogP contribution is -2.25. The van der Waals surface area contributed by atoms with Gasteiger partial charge in [-0.3, -0.25) is 0 Å². The van der Waals surface area contributed by atoms with Crippen molar-refractivity contribution in [1.82, 2.24) is 0 Å². The van der Waals surface area contributed by atoms with Crippen molar-refractivity contribution in [2.75, 3.05) is 0 Å². The summed E-state index contributed by atoms with van der Waals surface area (Å²) >= 11 is 0. The maximum absolute atomic E-state index is 5.49. The first-order valence-electron chi connectivity index (χ1n) is 4.61. The molecule has 0 nitrogen and oxygen atoms in total. The van der Waals surface area contributed by atoms with Crippen molar-refractivity contribution in [3.63, 3.8) is 0 Å². The molecule has 0 fully saturated rings. The van der Waals surface area contributed by atoms with Gasteiger partial charge >= 0.3 is 0 Å². The Hall–Kier alpha value is -1.52. The fourth-order valence-electron chi connectivity index (χ4n) is 1.63. The average Bonchev–Trinajstić information content (AvgIpc) is 2.27. The van der Waals surface area contributed by atoms with Crippen LogP contribution in [0.5, 0.6) is 0 Å². The fraction of sp³-hybridized carbons (Fsp3) is 0.0769. The van der Waals surface area contributed by atoms with Crippen LogP contribution in [0, 0.1) is 12.0 Å². The number of hydrogen-bond donors (Lipinski definition) is 0. The van der Waals surface area contributed by atoms with Gasteiger partial charge in [-0.15, -0.1) is 12.0 Å². The number of hydrogen-bond acceptors (Lipinski definition) is 0. The van der Waals surface area contributed by atoms with Gasteiger partial charge in [0.1, 0.15) is 0 Å². The third-order valence-corrected chi connectivity index (χ3v) is 4.09. The molecule has 0 atom stereocenters. The Morgan fingerprint density at radius 3 is 2.57 bits per heavy atom. The summed E-state index contributed by atoms with van der Waals surface area (Å²) in [6.07, 6.45) is 5.49. The molecule has 0 aliphatic rings. The Kier molecular flexibility index (Phi) is 2.38. The van der Waals surface area contributed by atoms with E-state index in [9.17, 15) is 0 Å². The van der Waals surface area contributed by atoms with Crippen LogP contribution in [0.15, 0.2) is 42.5 Å². The lowest BCUT2D eigenvalue weighted by atomic mass is 10.1. The highest BCUT2D eigenvalue weighted by molar-refractivity contribution is 6.81. The third-order valence-electron chi connectivity index (χ3n) is 2.41. The van der Waals surface area contributed by atoms with Crippen LogP contribution in [-0.4, -0.2) is 8.80 Å². The second kappa shape index (κ2) is 3.69. The van der Waals surface area contributed by atoms with Crippen molar-refractivity contribution < 1.29 is 0 Å². The van der Waals surface area contributed by atoms with Gasteiger partial charge in [0.25, 0.3) is 0 Å². The van der Waals surface area contributed by atoms with Gasteiger partial charge in [0.15, 0.2) is 8.80 Å². The largest absolute Gasteiger partial charge is 0.175 e. The average molecular weight is 195 g/mol. The van der Waals surface area contributed by atoms with Gasteiger partial charge in [-0.25, -0.2) is 0 Å². The third kappa shape index (κ3) is 1.45. The van der Waals surface area contributed by atoms with Crippen LogP contribution < -0.4 is 5.19 Å². The van der Waals surface area contributed by atoms with Gasteiger partial charge in [0.05, 0.1) is 0 Å². The van der Waals surface area contributed by atoms with Gasteiger partial charge in [0.2, 0.25) is 0 Å². The quantitative estimate of drug-likeness (QED) is 0.484. The van der Waals surface area contributed by atoms with E-state index in [2.05, 4.69) is 54.6 Å². The van der Waals surface area contributed by atoms with Crippen molar-refractivity contribution in [2.45, 2.75) is 6.55 Å². The Bertz CT molecular complexity index is 489. The number of terminal acetylenes is 1. The molecular formula is C13H11Si. The lowest BCUT2D eigenvalue weighted by molar-refractivity contribution is 1.77. The monoisotopic (exact) mass is 195 g/mol. The molecule has 0 saturated heterocycles. The summed E-state index contributed by atoms with van der Waals surface area (Å²) in [6, 6.07) is 14.8. The molecule has 1 heteroatoms. The molecule has 0 aromatic heterocycles. The predicted molar refractivity (Wildman–Crippen MR) is 64.0 cm³/mol. The molecule has 0 aliphatic heterocycles. The van der Waals surface area contributed by atoms with Crippen LogP contribution in [0.2, 0.25) is 6.55 Å². The Morgan fingerprint density at radius 1 is 1.07 bits per heavy atom. The summed E-state index contributed by atoms with van der Waals surface area (Å²) in [7, 11) is -0.804. The van der Waals surface area contributed by atoms with Crippen LogP contribution in [0.4, 0.5) is 0 Å². The first-order chi connectivity index (χ1) is 6.83. The normalized spacial score (nSPS) is 10.4. The summed E-state index contributed by atoms with van der Waals surface area (Å²) in [4.78, 5) is 0. The van der Waals surface area contributed by atoms with Crippen molar-refractivity contribution in [2.24, 2.45) is 0 Å². The van der Waals surface area contributed by atoms with Crippen molar-refractivity contribution in [3.8, 4) is 12.0 Å². The predicted octanol–water partition coefficient (Wildman–Crippen LogP) is 2.34. The maximum Gasteiger partial charge on any atom is 0.175 e. The van der Waals surface area contributed by atoms with Crippen LogP contribution in [0.1, 0.15) is 0 Å². The minimum Gasteiger partial charge on any atom is -0.131 e. The van der Waals surface area contributed by atoms with Crippen LogP contribution in [0.25, 0.3) is 10.8 Å². The van der Waals surface area contributed by atoms with Crippen LogP contribution in [0.3, 0.4) is 0 Å². The zero-order chi connectivity index (χ0) is 9.97. The summed E-state index contributed by atoms with van der Waals surface area (Å²) in [5.41, 5.74) is 2.88. The van der Waals surface area contributed by atoms with E-state index in [0.29, 0.717) is 0 Å². The molecule has 0 heterocycles. The molecule has 1 radical (unpaired) electrons. The first-order valence-corrected chi connectivity index (χ1v) is 6.61. The molecule has 0 saturated carbocycles.